The second-order valence-electron chi connectivity index (χ2n) is 2.90. The summed E-state index contributed by atoms with van der Waals surface area (Å²) in [6.45, 7) is 0. The number of nitrogens with one attached hydrogen (secondary N) is 1. The maximum Gasteiger partial charge on any atom is 0.321 e. The molecule has 5 heteroatoms. The van der Waals surface area contributed by atoms with Crippen LogP contribution in [0.5, 0.6) is 0 Å². The number of aromatic nitrogens is 1. The van der Waals surface area contributed by atoms with Crippen molar-refractivity contribution >= 4 is 21.9 Å². The third kappa shape index (κ3) is 3.08. The molecule has 76 valence electrons. The normalized spacial score (nSPS) is 12.4. The molecule has 0 bridgehead atoms. The fourth-order valence-electron chi connectivity index (χ4n) is 1.12. The third-order valence-corrected chi connectivity index (χ3v) is 2.28. The summed E-state index contributed by atoms with van der Waals surface area (Å²) in [5.41, 5.74) is 0.890. The minimum absolute atomic E-state index is 0.429. The second-order valence-corrected chi connectivity index (χ2v) is 3.81. The Morgan fingerprint density at radius 3 is 2.93 bits per heavy atom. The maximum atomic E-state index is 10.7. The minimum Gasteiger partial charge on any atom is -0.480 e. The molecule has 0 fully saturated rings. The smallest absolute Gasteiger partial charge is 0.321 e. The summed E-state index contributed by atoms with van der Waals surface area (Å²) in [5, 5.41) is 11.5. The van der Waals surface area contributed by atoms with Crippen molar-refractivity contribution in [2.45, 2.75) is 12.5 Å². The Bertz CT molecular complexity index is 330. The van der Waals surface area contributed by atoms with Crippen LogP contribution in [-0.2, 0) is 11.2 Å². The molecule has 2 N–H and O–H groups in total. The van der Waals surface area contributed by atoms with Gasteiger partial charge in [0.2, 0.25) is 0 Å². The van der Waals surface area contributed by atoms with E-state index in [1.807, 2.05) is 6.07 Å². The van der Waals surface area contributed by atoms with E-state index < -0.39 is 12.0 Å². The quantitative estimate of drug-likeness (QED) is 0.848. The van der Waals surface area contributed by atoms with Gasteiger partial charge in [-0.15, -0.1) is 0 Å². The van der Waals surface area contributed by atoms with Crippen LogP contribution in [0.15, 0.2) is 22.9 Å². The van der Waals surface area contributed by atoms with Crippen molar-refractivity contribution in [2.24, 2.45) is 0 Å². The number of nitrogens with zero attached hydrogens (tertiary/aromatic N) is 1. The van der Waals surface area contributed by atoms with Crippen molar-refractivity contribution in [3.05, 3.63) is 28.5 Å². The van der Waals surface area contributed by atoms with E-state index >= 15 is 0 Å². The molecule has 4 nitrogen and oxygen atoms in total. The van der Waals surface area contributed by atoms with E-state index in [0.717, 1.165) is 10.0 Å². The summed E-state index contributed by atoms with van der Waals surface area (Å²) in [4.78, 5) is 14.7. The molecule has 0 amide bonds. The van der Waals surface area contributed by atoms with E-state index in [4.69, 9.17) is 5.11 Å². The first-order valence-corrected chi connectivity index (χ1v) is 4.92. The molecule has 0 radical (unpaired) electrons. The number of aliphatic carboxylic acids is 1. The predicted octanol–water partition coefficient (Wildman–Crippen LogP) is 1.06. The van der Waals surface area contributed by atoms with Crippen LogP contribution in [0.25, 0.3) is 0 Å². The zero-order valence-electron chi connectivity index (χ0n) is 7.70. The average molecular weight is 259 g/mol. The van der Waals surface area contributed by atoms with Gasteiger partial charge in [0, 0.05) is 16.9 Å². The van der Waals surface area contributed by atoms with Gasteiger partial charge in [-0.1, -0.05) is 0 Å². The zero-order chi connectivity index (χ0) is 10.6. The van der Waals surface area contributed by atoms with Crippen LogP contribution < -0.4 is 5.32 Å². The predicted molar refractivity (Wildman–Crippen MR) is 56.1 cm³/mol. The molecule has 0 spiro atoms. The summed E-state index contributed by atoms with van der Waals surface area (Å²) < 4.78 is 0.857. The van der Waals surface area contributed by atoms with Crippen molar-refractivity contribution in [3.63, 3.8) is 0 Å². The molecule has 1 rings (SSSR count). The van der Waals surface area contributed by atoms with Crippen LogP contribution in [0, 0.1) is 0 Å². The highest BCUT2D eigenvalue weighted by atomic mass is 79.9. The molecule has 0 saturated carbocycles. The average Bonchev–Trinajstić information content (AvgIpc) is 2.14. The summed E-state index contributed by atoms with van der Waals surface area (Å²) in [6.07, 6.45) is 3.76. The van der Waals surface area contributed by atoms with Crippen molar-refractivity contribution < 1.29 is 9.90 Å². The largest absolute Gasteiger partial charge is 0.480 e. The first kappa shape index (κ1) is 11.1. The van der Waals surface area contributed by atoms with Crippen molar-refractivity contribution in [1.29, 1.82) is 0 Å². The Labute approximate surface area is 90.5 Å². The monoisotopic (exact) mass is 258 g/mol. The highest BCUT2D eigenvalue weighted by Gasteiger charge is 2.15. The van der Waals surface area contributed by atoms with Gasteiger partial charge in [0.05, 0.1) is 0 Å². The van der Waals surface area contributed by atoms with Crippen LogP contribution in [0.3, 0.4) is 0 Å². The van der Waals surface area contributed by atoms with E-state index in [2.05, 4.69) is 26.2 Å². The lowest BCUT2D eigenvalue weighted by Crippen LogP contribution is -2.35. The van der Waals surface area contributed by atoms with Crippen LogP contribution >= 0.6 is 15.9 Å². The topological polar surface area (TPSA) is 62.2 Å². The highest BCUT2D eigenvalue weighted by Crippen LogP contribution is 2.11. The van der Waals surface area contributed by atoms with E-state index in [0.29, 0.717) is 6.42 Å². The van der Waals surface area contributed by atoms with E-state index in [1.165, 1.54) is 0 Å². The Kier molecular flexibility index (Phi) is 4.03. The lowest BCUT2D eigenvalue weighted by molar-refractivity contribution is -0.139. The molecule has 1 aromatic rings. The molecular formula is C9H11BrN2O2. The van der Waals surface area contributed by atoms with E-state index in [-0.39, 0.29) is 0 Å². The molecular weight excluding hydrogens is 248 g/mol. The van der Waals surface area contributed by atoms with Crippen molar-refractivity contribution in [3.8, 4) is 0 Å². The third-order valence-electron chi connectivity index (χ3n) is 1.85. The number of rotatable bonds is 4. The van der Waals surface area contributed by atoms with Crippen LogP contribution in [0.2, 0.25) is 0 Å². The van der Waals surface area contributed by atoms with Crippen LogP contribution in [-0.4, -0.2) is 29.1 Å². The number of carbonyl (C=O) groups is 1. The lowest BCUT2D eigenvalue weighted by Gasteiger charge is -2.10. The fraction of sp³-hybridized carbons (Fsp3) is 0.333. The Hall–Kier alpha value is -0.940. The Morgan fingerprint density at radius 2 is 2.43 bits per heavy atom. The molecule has 1 heterocycles. The lowest BCUT2D eigenvalue weighted by atomic mass is 10.1. The molecule has 1 unspecified atom stereocenters. The SMILES string of the molecule is CNC(Cc1cncc(Br)c1)C(=O)O. The number of carboxylic acid groups (broad SMARTS) is 1. The van der Waals surface area contributed by atoms with Crippen molar-refractivity contribution in [1.82, 2.24) is 10.3 Å². The molecule has 0 aliphatic rings. The molecule has 0 aromatic carbocycles. The second kappa shape index (κ2) is 5.07. The summed E-state index contributed by atoms with van der Waals surface area (Å²) in [5.74, 6) is -0.854. The standard InChI is InChI=1S/C9H11BrN2O2/c1-11-8(9(13)14)3-6-2-7(10)5-12-4-6/h2,4-5,8,11H,3H2,1H3,(H,13,14). The molecule has 0 aliphatic heterocycles. The van der Waals surface area contributed by atoms with Gasteiger partial charge in [-0.25, -0.2) is 0 Å². The van der Waals surface area contributed by atoms with Crippen LogP contribution in [0.1, 0.15) is 5.56 Å². The zero-order valence-corrected chi connectivity index (χ0v) is 9.28. The number of carboxylic acids is 1. The van der Waals surface area contributed by atoms with E-state index in [9.17, 15) is 4.79 Å². The van der Waals surface area contributed by atoms with Gasteiger partial charge in [0.1, 0.15) is 6.04 Å². The molecule has 14 heavy (non-hydrogen) atoms. The maximum absolute atomic E-state index is 10.7. The number of hydrogen-bond acceptors (Lipinski definition) is 3. The Morgan fingerprint density at radius 1 is 1.71 bits per heavy atom. The number of halogens is 1. The highest BCUT2D eigenvalue weighted by molar-refractivity contribution is 9.10. The molecule has 1 atom stereocenters. The first-order valence-electron chi connectivity index (χ1n) is 4.13. The number of pyridine rings is 1. The van der Waals surface area contributed by atoms with Gasteiger partial charge in [-0.05, 0) is 41.0 Å². The molecule has 0 saturated heterocycles. The van der Waals surface area contributed by atoms with Gasteiger partial charge in [0.15, 0.2) is 0 Å². The molecule has 0 aliphatic carbocycles. The summed E-state index contributed by atoms with van der Waals surface area (Å²) in [6, 6.07) is 1.30. The fourth-order valence-corrected chi connectivity index (χ4v) is 1.53. The van der Waals surface area contributed by atoms with Crippen molar-refractivity contribution in [2.75, 3.05) is 7.05 Å². The first-order chi connectivity index (χ1) is 6.63. The van der Waals surface area contributed by atoms with Gasteiger partial charge in [-0.2, -0.15) is 0 Å². The van der Waals surface area contributed by atoms with Gasteiger partial charge >= 0.3 is 5.97 Å². The number of likely N-dealkylation sites (N-methyl/N-ethyl adjacent to an activating group) is 1. The summed E-state index contributed by atoms with van der Waals surface area (Å²) in [7, 11) is 1.63. The minimum atomic E-state index is -0.854. The molecule has 1 aromatic heterocycles. The van der Waals surface area contributed by atoms with Gasteiger partial charge in [-0.3, -0.25) is 9.78 Å². The summed E-state index contributed by atoms with van der Waals surface area (Å²) >= 11 is 3.28. The number of hydrogen-bond donors (Lipinski definition) is 2. The van der Waals surface area contributed by atoms with Gasteiger partial charge < -0.3 is 10.4 Å². The van der Waals surface area contributed by atoms with E-state index in [1.54, 1.807) is 19.4 Å². The Balaban J connectivity index is 2.72. The van der Waals surface area contributed by atoms with Crippen LogP contribution in [0.4, 0.5) is 0 Å². The van der Waals surface area contributed by atoms with Gasteiger partial charge in [0.25, 0.3) is 0 Å².